The van der Waals surface area contributed by atoms with E-state index in [0.29, 0.717) is 17.1 Å². The maximum absolute atomic E-state index is 14.1. The Morgan fingerprint density at radius 2 is 1.78 bits per heavy atom. The summed E-state index contributed by atoms with van der Waals surface area (Å²) in [6.07, 6.45) is -1.07. The molecule has 0 bridgehead atoms. The normalized spacial score (nSPS) is 13.2. The van der Waals surface area contributed by atoms with Crippen LogP contribution in [0.4, 0.5) is 4.39 Å². The van der Waals surface area contributed by atoms with Crippen molar-refractivity contribution in [3.63, 3.8) is 0 Å². The van der Waals surface area contributed by atoms with Gasteiger partial charge in [0.2, 0.25) is 0 Å². The molecule has 0 aliphatic carbocycles. The molecule has 0 saturated heterocycles. The third kappa shape index (κ3) is 4.18. The zero-order chi connectivity index (χ0) is 13.8. The minimum atomic E-state index is -1.07. The maximum Gasteiger partial charge on any atom is 0.161 e. The second kappa shape index (κ2) is 6.05. The molecule has 4 heteroatoms. The monoisotopic (exact) mass is 255 g/mol. The van der Waals surface area contributed by atoms with Gasteiger partial charge in [0, 0.05) is 12.1 Å². The topological polar surface area (TPSA) is 30.5 Å². The number of rotatable bonds is 5. The first kappa shape index (κ1) is 14.8. The van der Waals surface area contributed by atoms with Gasteiger partial charge in [-0.05, 0) is 38.5 Å². The SMILES string of the molecule is COc1ccc(C(F)CNC(C)(C)C)cc1OC. The minimum Gasteiger partial charge on any atom is -0.493 e. The summed E-state index contributed by atoms with van der Waals surface area (Å²) >= 11 is 0. The molecule has 0 aliphatic rings. The zero-order valence-electron chi connectivity index (χ0n) is 11.7. The van der Waals surface area contributed by atoms with Crippen LogP contribution in [0.5, 0.6) is 11.5 Å². The number of methoxy groups -OCH3 is 2. The van der Waals surface area contributed by atoms with E-state index in [4.69, 9.17) is 9.47 Å². The number of ether oxygens (including phenoxy) is 2. The van der Waals surface area contributed by atoms with E-state index < -0.39 is 6.17 Å². The molecule has 1 aromatic carbocycles. The second-order valence-electron chi connectivity index (χ2n) is 5.21. The van der Waals surface area contributed by atoms with E-state index in [9.17, 15) is 4.39 Å². The Kier molecular flexibility index (Phi) is 4.96. The smallest absolute Gasteiger partial charge is 0.161 e. The van der Waals surface area contributed by atoms with Crippen LogP contribution in [0.25, 0.3) is 0 Å². The lowest BCUT2D eigenvalue weighted by Crippen LogP contribution is -2.37. The Labute approximate surface area is 108 Å². The highest BCUT2D eigenvalue weighted by Crippen LogP contribution is 2.31. The Hall–Kier alpha value is -1.29. The Bertz CT molecular complexity index is 388. The largest absolute Gasteiger partial charge is 0.493 e. The average molecular weight is 255 g/mol. The lowest BCUT2D eigenvalue weighted by Gasteiger charge is -2.22. The van der Waals surface area contributed by atoms with Crippen LogP contribution < -0.4 is 14.8 Å². The Morgan fingerprint density at radius 1 is 1.17 bits per heavy atom. The van der Waals surface area contributed by atoms with Gasteiger partial charge in [0.25, 0.3) is 0 Å². The molecule has 0 spiro atoms. The number of alkyl halides is 1. The highest BCUT2D eigenvalue weighted by atomic mass is 19.1. The van der Waals surface area contributed by atoms with E-state index in [2.05, 4.69) is 5.32 Å². The molecule has 102 valence electrons. The zero-order valence-corrected chi connectivity index (χ0v) is 11.7. The van der Waals surface area contributed by atoms with Crippen LogP contribution in [-0.4, -0.2) is 26.3 Å². The standard InChI is InChI=1S/C14H22FNO2/c1-14(2,3)16-9-11(15)10-6-7-12(17-4)13(8-10)18-5/h6-8,11,16H,9H2,1-5H3. The first-order valence-electron chi connectivity index (χ1n) is 5.98. The number of hydrogen-bond acceptors (Lipinski definition) is 3. The first-order valence-corrected chi connectivity index (χ1v) is 5.98. The van der Waals surface area contributed by atoms with Crippen LogP contribution in [0.1, 0.15) is 32.5 Å². The van der Waals surface area contributed by atoms with Gasteiger partial charge < -0.3 is 14.8 Å². The molecular weight excluding hydrogens is 233 g/mol. The van der Waals surface area contributed by atoms with Gasteiger partial charge in [0.05, 0.1) is 14.2 Å². The molecule has 1 unspecified atom stereocenters. The van der Waals surface area contributed by atoms with Crippen molar-refractivity contribution in [1.82, 2.24) is 5.32 Å². The summed E-state index contributed by atoms with van der Waals surface area (Å²) in [6, 6.07) is 5.11. The second-order valence-corrected chi connectivity index (χ2v) is 5.21. The molecule has 18 heavy (non-hydrogen) atoms. The van der Waals surface area contributed by atoms with E-state index in [1.54, 1.807) is 32.4 Å². The van der Waals surface area contributed by atoms with Gasteiger partial charge in [-0.2, -0.15) is 0 Å². The fourth-order valence-corrected chi connectivity index (χ4v) is 1.56. The lowest BCUT2D eigenvalue weighted by molar-refractivity contribution is 0.289. The fourth-order valence-electron chi connectivity index (χ4n) is 1.56. The molecule has 0 fully saturated rings. The molecule has 0 radical (unpaired) electrons. The van der Waals surface area contributed by atoms with Crippen LogP contribution in [-0.2, 0) is 0 Å². The van der Waals surface area contributed by atoms with E-state index in [1.165, 1.54) is 0 Å². The Morgan fingerprint density at radius 3 is 2.28 bits per heavy atom. The number of benzene rings is 1. The number of nitrogens with one attached hydrogen (secondary N) is 1. The summed E-state index contributed by atoms with van der Waals surface area (Å²) in [5.41, 5.74) is 0.491. The maximum atomic E-state index is 14.1. The van der Waals surface area contributed by atoms with Gasteiger partial charge in [0.15, 0.2) is 11.5 Å². The van der Waals surface area contributed by atoms with Crippen LogP contribution in [0.2, 0.25) is 0 Å². The van der Waals surface area contributed by atoms with E-state index in [0.717, 1.165) is 0 Å². The summed E-state index contributed by atoms with van der Waals surface area (Å²) in [5, 5.41) is 3.14. The average Bonchev–Trinajstić information content (AvgIpc) is 2.34. The predicted molar refractivity (Wildman–Crippen MR) is 71.2 cm³/mol. The molecule has 1 aromatic rings. The highest BCUT2D eigenvalue weighted by Gasteiger charge is 2.16. The van der Waals surface area contributed by atoms with Crippen LogP contribution >= 0.6 is 0 Å². The van der Waals surface area contributed by atoms with E-state index in [1.807, 2.05) is 20.8 Å². The van der Waals surface area contributed by atoms with Crippen molar-refractivity contribution in [3.05, 3.63) is 23.8 Å². The fraction of sp³-hybridized carbons (Fsp3) is 0.571. The molecule has 0 aliphatic heterocycles. The van der Waals surface area contributed by atoms with Crippen molar-refractivity contribution in [1.29, 1.82) is 0 Å². The van der Waals surface area contributed by atoms with Gasteiger partial charge in [-0.3, -0.25) is 0 Å². The summed E-state index contributed by atoms with van der Waals surface area (Å²) in [7, 11) is 3.11. The molecule has 1 rings (SSSR count). The van der Waals surface area contributed by atoms with Gasteiger partial charge >= 0.3 is 0 Å². The van der Waals surface area contributed by atoms with Crippen molar-refractivity contribution >= 4 is 0 Å². The molecule has 0 heterocycles. The predicted octanol–water partition coefficient (Wildman–Crippen LogP) is 3.10. The third-order valence-corrected chi connectivity index (χ3v) is 2.58. The van der Waals surface area contributed by atoms with Gasteiger partial charge in [0.1, 0.15) is 6.17 Å². The van der Waals surface area contributed by atoms with Crippen molar-refractivity contribution in [2.45, 2.75) is 32.5 Å². The Balaban J connectivity index is 2.77. The van der Waals surface area contributed by atoms with Crippen LogP contribution in [0.3, 0.4) is 0 Å². The molecule has 1 N–H and O–H groups in total. The molecule has 0 amide bonds. The summed E-state index contributed by atoms with van der Waals surface area (Å²) in [6.45, 7) is 6.30. The van der Waals surface area contributed by atoms with Gasteiger partial charge in [-0.1, -0.05) is 6.07 Å². The minimum absolute atomic E-state index is 0.0963. The van der Waals surface area contributed by atoms with Crippen molar-refractivity contribution in [2.24, 2.45) is 0 Å². The highest BCUT2D eigenvalue weighted by molar-refractivity contribution is 5.43. The van der Waals surface area contributed by atoms with E-state index >= 15 is 0 Å². The summed E-state index contributed by atoms with van der Waals surface area (Å²) < 4.78 is 24.3. The molecule has 0 aromatic heterocycles. The van der Waals surface area contributed by atoms with E-state index in [-0.39, 0.29) is 12.1 Å². The third-order valence-electron chi connectivity index (χ3n) is 2.58. The van der Waals surface area contributed by atoms with Crippen molar-refractivity contribution in [2.75, 3.05) is 20.8 Å². The number of hydrogen-bond donors (Lipinski definition) is 1. The summed E-state index contributed by atoms with van der Waals surface area (Å²) in [5.74, 6) is 1.16. The molecule has 1 atom stereocenters. The molecule has 3 nitrogen and oxygen atoms in total. The van der Waals surface area contributed by atoms with Crippen molar-refractivity contribution < 1.29 is 13.9 Å². The first-order chi connectivity index (χ1) is 8.37. The van der Waals surface area contributed by atoms with Gasteiger partial charge in [-0.15, -0.1) is 0 Å². The molecular formula is C14H22FNO2. The lowest BCUT2D eigenvalue weighted by atomic mass is 10.1. The van der Waals surface area contributed by atoms with Crippen molar-refractivity contribution in [3.8, 4) is 11.5 Å². The quantitative estimate of drug-likeness (QED) is 0.877. The van der Waals surface area contributed by atoms with Crippen LogP contribution in [0, 0.1) is 0 Å². The number of halogens is 1. The van der Waals surface area contributed by atoms with Crippen LogP contribution in [0.15, 0.2) is 18.2 Å². The molecule has 0 saturated carbocycles. The summed E-state index contributed by atoms with van der Waals surface area (Å²) in [4.78, 5) is 0. The van der Waals surface area contributed by atoms with Gasteiger partial charge in [-0.25, -0.2) is 4.39 Å².